The molecule has 0 bridgehead atoms. The minimum atomic E-state index is -0.852. The fraction of sp³-hybridized carbons (Fsp3) is 1.00. The number of likely N-dealkylation sites (N-methyl/N-ethyl adjacent to an activating group) is 2. The molecule has 0 radical (unpaired) electrons. The number of rotatable bonds is 0. The van der Waals surface area contributed by atoms with Gasteiger partial charge in [-0.15, -0.1) is 12.4 Å². The topological polar surface area (TPSA) is 6.48 Å². The first kappa shape index (κ1) is 9.14. The second-order valence-corrected chi connectivity index (χ2v) is 2.27. The van der Waals surface area contributed by atoms with Gasteiger partial charge in [-0.2, -0.15) is 0 Å². The standard InChI is InChI=1S/C5H11FN2.ClH/c1-7-3-4-8(2)5(7)6;/h5H,3-4H2,1-2H3;1H. The molecule has 1 heterocycles. The first-order valence-corrected chi connectivity index (χ1v) is 2.76. The molecule has 0 spiro atoms. The third-order valence-corrected chi connectivity index (χ3v) is 1.53. The summed E-state index contributed by atoms with van der Waals surface area (Å²) in [5.74, 6) is 0. The van der Waals surface area contributed by atoms with Crippen LogP contribution in [0.5, 0.6) is 0 Å². The average Bonchev–Trinajstić information content (AvgIpc) is 1.98. The maximum absolute atomic E-state index is 12.6. The van der Waals surface area contributed by atoms with Crippen molar-refractivity contribution in [3.8, 4) is 0 Å². The lowest BCUT2D eigenvalue weighted by Crippen LogP contribution is -2.29. The first-order chi connectivity index (χ1) is 3.72. The van der Waals surface area contributed by atoms with Gasteiger partial charge in [0.15, 0.2) is 0 Å². The molecule has 4 heteroatoms. The van der Waals surface area contributed by atoms with Crippen LogP contribution in [0.4, 0.5) is 4.39 Å². The molecule has 0 aromatic carbocycles. The minimum absolute atomic E-state index is 0. The fourth-order valence-electron chi connectivity index (χ4n) is 0.865. The second-order valence-electron chi connectivity index (χ2n) is 2.27. The van der Waals surface area contributed by atoms with E-state index in [0.29, 0.717) is 0 Å². The van der Waals surface area contributed by atoms with E-state index >= 15 is 0 Å². The third-order valence-electron chi connectivity index (χ3n) is 1.53. The SMILES string of the molecule is CN1CCN(C)C1F.Cl. The highest BCUT2D eigenvalue weighted by Gasteiger charge is 2.24. The maximum Gasteiger partial charge on any atom is 0.209 e. The molecule has 1 aliphatic heterocycles. The molecule has 1 fully saturated rings. The molecule has 0 atom stereocenters. The van der Waals surface area contributed by atoms with Crippen molar-refractivity contribution < 1.29 is 4.39 Å². The smallest absolute Gasteiger partial charge is 0.209 e. The Bertz CT molecular complexity index is 81.0. The van der Waals surface area contributed by atoms with Crippen LogP contribution in [0.25, 0.3) is 0 Å². The van der Waals surface area contributed by atoms with Crippen LogP contribution in [0.15, 0.2) is 0 Å². The lowest BCUT2D eigenvalue weighted by molar-refractivity contribution is 0.0497. The van der Waals surface area contributed by atoms with E-state index in [0.717, 1.165) is 13.1 Å². The van der Waals surface area contributed by atoms with Gasteiger partial charge in [0, 0.05) is 13.1 Å². The van der Waals surface area contributed by atoms with E-state index in [1.54, 1.807) is 23.9 Å². The monoisotopic (exact) mass is 154 g/mol. The quantitative estimate of drug-likeness (QED) is 0.470. The summed E-state index contributed by atoms with van der Waals surface area (Å²) in [4.78, 5) is 3.36. The van der Waals surface area contributed by atoms with E-state index in [4.69, 9.17) is 0 Å². The highest BCUT2D eigenvalue weighted by atomic mass is 35.5. The van der Waals surface area contributed by atoms with Crippen LogP contribution in [0.1, 0.15) is 0 Å². The minimum Gasteiger partial charge on any atom is -0.263 e. The number of hydrogen-bond acceptors (Lipinski definition) is 2. The van der Waals surface area contributed by atoms with Gasteiger partial charge in [0.1, 0.15) is 0 Å². The Morgan fingerprint density at radius 2 is 1.56 bits per heavy atom. The summed E-state index contributed by atoms with van der Waals surface area (Å²) >= 11 is 0. The lowest BCUT2D eigenvalue weighted by Gasteiger charge is -2.14. The molecule has 0 aromatic heterocycles. The zero-order valence-corrected chi connectivity index (χ0v) is 6.49. The van der Waals surface area contributed by atoms with Crippen molar-refractivity contribution in [2.75, 3.05) is 27.2 Å². The van der Waals surface area contributed by atoms with Gasteiger partial charge in [-0.3, -0.25) is 9.80 Å². The Balaban J connectivity index is 0.000000640. The second kappa shape index (κ2) is 3.34. The van der Waals surface area contributed by atoms with Crippen LogP contribution in [-0.4, -0.2) is 43.4 Å². The van der Waals surface area contributed by atoms with Gasteiger partial charge in [-0.05, 0) is 14.1 Å². The molecule has 1 saturated heterocycles. The van der Waals surface area contributed by atoms with Crippen molar-refractivity contribution in [3.63, 3.8) is 0 Å². The van der Waals surface area contributed by atoms with E-state index in [2.05, 4.69) is 0 Å². The zero-order chi connectivity index (χ0) is 6.15. The molecule has 0 aromatic rings. The molecule has 1 rings (SSSR count). The molecule has 56 valence electrons. The molecule has 2 nitrogen and oxygen atoms in total. The van der Waals surface area contributed by atoms with E-state index in [-0.39, 0.29) is 12.4 Å². The zero-order valence-electron chi connectivity index (χ0n) is 5.67. The van der Waals surface area contributed by atoms with Gasteiger partial charge in [-0.1, -0.05) is 0 Å². The molecule has 0 saturated carbocycles. The predicted molar refractivity (Wildman–Crippen MR) is 37.4 cm³/mol. The van der Waals surface area contributed by atoms with Crippen molar-refractivity contribution in [2.24, 2.45) is 0 Å². The van der Waals surface area contributed by atoms with Gasteiger partial charge >= 0.3 is 0 Å². The van der Waals surface area contributed by atoms with Crippen molar-refractivity contribution >= 4 is 12.4 Å². The lowest BCUT2D eigenvalue weighted by atomic mass is 10.6. The molecule has 0 N–H and O–H groups in total. The average molecular weight is 155 g/mol. The molecule has 9 heavy (non-hydrogen) atoms. The van der Waals surface area contributed by atoms with Crippen LogP contribution in [-0.2, 0) is 0 Å². The van der Waals surface area contributed by atoms with E-state index in [1.165, 1.54) is 0 Å². The first-order valence-electron chi connectivity index (χ1n) is 2.76. The third kappa shape index (κ3) is 1.78. The summed E-state index contributed by atoms with van der Waals surface area (Å²) in [6, 6.07) is 0. The van der Waals surface area contributed by atoms with Crippen LogP contribution >= 0.6 is 12.4 Å². The molecule has 0 aliphatic carbocycles. The molecule has 0 unspecified atom stereocenters. The van der Waals surface area contributed by atoms with Crippen LogP contribution in [0.2, 0.25) is 0 Å². The maximum atomic E-state index is 12.6. The van der Waals surface area contributed by atoms with Crippen molar-refractivity contribution in [1.82, 2.24) is 9.80 Å². The van der Waals surface area contributed by atoms with Gasteiger partial charge in [0.25, 0.3) is 0 Å². The van der Waals surface area contributed by atoms with Crippen molar-refractivity contribution in [3.05, 3.63) is 0 Å². The van der Waals surface area contributed by atoms with Gasteiger partial charge in [-0.25, -0.2) is 4.39 Å². The normalized spacial score (nSPS) is 24.3. The number of nitrogens with zero attached hydrogens (tertiary/aromatic N) is 2. The van der Waals surface area contributed by atoms with Crippen LogP contribution in [0, 0.1) is 0 Å². The summed E-state index contributed by atoms with van der Waals surface area (Å²) in [7, 11) is 3.57. The van der Waals surface area contributed by atoms with Crippen molar-refractivity contribution in [2.45, 2.75) is 6.42 Å². The van der Waals surface area contributed by atoms with E-state index in [1.807, 2.05) is 0 Å². The Kier molecular flexibility index (Phi) is 3.40. The summed E-state index contributed by atoms with van der Waals surface area (Å²) in [5.41, 5.74) is 0. The van der Waals surface area contributed by atoms with Crippen LogP contribution < -0.4 is 0 Å². The van der Waals surface area contributed by atoms with E-state index in [9.17, 15) is 4.39 Å². The number of halogens is 2. The van der Waals surface area contributed by atoms with Crippen LogP contribution in [0.3, 0.4) is 0 Å². The van der Waals surface area contributed by atoms with Crippen molar-refractivity contribution in [1.29, 1.82) is 0 Å². The fourth-order valence-corrected chi connectivity index (χ4v) is 0.865. The van der Waals surface area contributed by atoms with Gasteiger partial charge < -0.3 is 0 Å². The number of alkyl halides is 1. The molecular formula is C5H12ClFN2. The Morgan fingerprint density at radius 1 is 1.22 bits per heavy atom. The highest BCUT2D eigenvalue weighted by molar-refractivity contribution is 5.85. The summed E-state index contributed by atoms with van der Waals surface area (Å²) in [6.45, 7) is 1.69. The molecule has 0 amide bonds. The molecular weight excluding hydrogens is 143 g/mol. The molecule has 1 aliphatic rings. The Labute approximate surface area is 61.0 Å². The number of hydrogen-bond donors (Lipinski definition) is 0. The largest absolute Gasteiger partial charge is 0.263 e. The Hall–Kier alpha value is 0.140. The summed E-state index contributed by atoms with van der Waals surface area (Å²) in [6.07, 6.45) is -0.852. The highest BCUT2D eigenvalue weighted by Crippen LogP contribution is 2.09. The van der Waals surface area contributed by atoms with Gasteiger partial charge in [0.05, 0.1) is 0 Å². The predicted octanol–water partition coefficient (Wildman–Crippen LogP) is 0.538. The van der Waals surface area contributed by atoms with Gasteiger partial charge in [0.2, 0.25) is 6.42 Å². The van der Waals surface area contributed by atoms with E-state index < -0.39 is 6.42 Å². The summed E-state index contributed by atoms with van der Waals surface area (Å²) in [5, 5.41) is 0. The summed E-state index contributed by atoms with van der Waals surface area (Å²) < 4.78 is 12.6. The Morgan fingerprint density at radius 3 is 1.67 bits per heavy atom.